The van der Waals surface area contributed by atoms with Gasteiger partial charge in [-0.15, -0.1) is 0 Å². The van der Waals surface area contributed by atoms with Crippen LogP contribution in [-0.2, 0) is 42.3 Å². The molecule has 24 heteroatoms. The van der Waals surface area contributed by atoms with E-state index in [0.29, 0.717) is 79.8 Å². The highest BCUT2D eigenvalue weighted by molar-refractivity contribution is 14.1. The Labute approximate surface area is 760 Å². The fraction of sp³-hybridized carbons (Fsp3) is 0.204. The molecule has 0 saturated carbocycles. The molecule has 1 aliphatic heterocycles. The number of aryl methyl sites for hydroxylation is 10. The lowest BCUT2D eigenvalue weighted by molar-refractivity contribution is -0.142. The zero-order valence-corrected chi connectivity index (χ0v) is 77.0. The fourth-order valence-corrected chi connectivity index (χ4v) is 16.1. The number of hydrogen-bond acceptors (Lipinski definition) is 17. The summed E-state index contributed by atoms with van der Waals surface area (Å²) in [6.45, 7) is 29.0. The van der Waals surface area contributed by atoms with Crippen LogP contribution in [0.5, 0.6) is 0 Å². The molecule has 4 aromatic heterocycles. The van der Waals surface area contributed by atoms with Gasteiger partial charge >= 0.3 is 17.9 Å². The molecule has 22 nitrogen and oxygen atoms in total. The monoisotopic (exact) mass is 1880 g/mol. The first-order chi connectivity index (χ1) is 61.1. The largest absolute Gasteiger partial charge is 0.465 e. The fourth-order valence-electron chi connectivity index (χ4n) is 14.9. The molecule has 10 aromatic carbocycles. The summed E-state index contributed by atoms with van der Waals surface area (Å²) in [4.78, 5) is 129. The number of rotatable bonds is 19. The smallest absolute Gasteiger partial charge is 0.355 e. The predicted octanol–water partition coefficient (Wildman–Crippen LogP) is 19.6. The van der Waals surface area contributed by atoms with Crippen molar-refractivity contribution in [2.75, 3.05) is 48.4 Å². The van der Waals surface area contributed by atoms with Crippen LogP contribution >= 0.6 is 38.5 Å². The van der Waals surface area contributed by atoms with Gasteiger partial charge in [-0.3, -0.25) is 66.8 Å². The number of nitrogens with zero attached hydrogens (tertiary/aromatic N) is 8. The van der Waals surface area contributed by atoms with E-state index >= 15 is 0 Å². The molecule has 0 bridgehead atoms. The molecular weight excluding hydrogens is 1780 g/mol. The quantitative estimate of drug-likeness (QED) is 0.0250. The highest BCUT2D eigenvalue weighted by Crippen LogP contribution is 2.31. The molecule has 0 aliphatic carbocycles. The number of para-hydroxylation sites is 5. The van der Waals surface area contributed by atoms with Crippen LogP contribution in [0.3, 0.4) is 0 Å². The lowest BCUT2D eigenvalue weighted by Gasteiger charge is -2.25. The average Bonchev–Trinajstić information content (AvgIpc) is 1.19. The van der Waals surface area contributed by atoms with Gasteiger partial charge in [0.2, 0.25) is 0 Å². The summed E-state index contributed by atoms with van der Waals surface area (Å²) in [6, 6.07) is 71.7. The minimum absolute atomic E-state index is 0.0503. The van der Waals surface area contributed by atoms with Gasteiger partial charge in [-0.05, 0) is 238 Å². The Hall–Kier alpha value is -13.7. The highest BCUT2D eigenvalue weighted by atomic mass is 127. The van der Waals surface area contributed by atoms with Crippen LogP contribution in [0.25, 0.3) is 55.5 Å². The van der Waals surface area contributed by atoms with E-state index in [-0.39, 0.29) is 67.8 Å². The SMILES string of the molecule is C=Cc1cccc(C)c1C(=O)N(CC(=O)OCC)c1ccccc1C.CCOC(=O)CN(C(=O)c1c(C)cccc1C=O)c1ccccc1C.CCOC(=O)c1cc2cccc(C)c2c(=O)n1-c1ccccc1C.Cc1ccccc1-n1c(CBr)cc2cccc(C)c2c1=O.Cc1ccccc1-n1c(CO)cc2cccc(C)c2c1=O.Nc1ncnc2c1C(I)=NC2. The first-order valence-corrected chi connectivity index (χ1v) is 43.4. The van der Waals surface area contributed by atoms with E-state index in [2.05, 4.69) is 66.1 Å². The maximum atomic E-state index is 13.3. The van der Waals surface area contributed by atoms with Gasteiger partial charge in [0.15, 0.2) is 6.29 Å². The normalized spacial score (nSPS) is 10.9. The summed E-state index contributed by atoms with van der Waals surface area (Å²) < 4.78 is 21.0. The Morgan fingerprint density at radius 2 is 0.843 bits per heavy atom. The molecule has 0 atom stereocenters. The lowest BCUT2D eigenvalue weighted by Crippen LogP contribution is -2.38. The molecule has 15 rings (SSSR count). The Bertz CT molecular complexity index is 6430. The third-order valence-corrected chi connectivity index (χ3v) is 22.6. The molecule has 650 valence electrons. The van der Waals surface area contributed by atoms with Crippen LogP contribution in [0.4, 0.5) is 17.2 Å². The van der Waals surface area contributed by atoms with Crippen LogP contribution in [0.2, 0.25) is 0 Å². The summed E-state index contributed by atoms with van der Waals surface area (Å²) in [5.41, 5.74) is 23.8. The number of aromatic nitrogens is 5. The summed E-state index contributed by atoms with van der Waals surface area (Å²) in [5.74, 6) is -1.55. The molecule has 14 aromatic rings. The second-order valence-electron chi connectivity index (χ2n) is 29.8. The number of carbonyl (C=O) groups excluding carboxylic acids is 6. The van der Waals surface area contributed by atoms with Crippen molar-refractivity contribution in [3.63, 3.8) is 0 Å². The Balaban J connectivity index is 0.000000161. The van der Waals surface area contributed by atoms with Gasteiger partial charge in [0.05, 0.1) is 94.3 Å². The summed E-state index contributed by atoms with van der Waals surface area (Å²) in [6.07, 6.45) is 3.78. The van der Waals surface area contributed by atoms with Crippen LogP contribution in [-0.4, -0.2) is 101 Å². The van der Waals surface area contributed by atoms with E-state index < -0.39 is 23.8 Å². The maximum absolute atomic E-state index is 13.3. The third kappa shape index (κ3) is 22.3. The highest BCUT2D eigenvalue weighted by Gasteiger charge is 2.29. The minimum Gasteiger partial charge on any atom is -0.465 e. The number of amides is 2. The molecule has 0 fully saturated rings. The van der Waals surface area contributed by atoms with Crippen molar-refractivity contribution in [1.29, 1.82) is 0 Å². The van der Waals surface area contributed by atoms with Gasteiger partial charge in [0.1, 0.15) is 34.6 Å². The number of anilines is 3. The molecule has 0 radical (unpaired) electrons. The third-order valence-electron chi connectivity index (χ3n) is 21.2. The summed E-state index contributed by atoms with van der Waals surface area (Å²) in [7, 11) is 0. The van der Waals surface area contributed by atoms with Crippen LogP contribution in [0, 0.1) is 69.2 Å². The molecule has 2 amide bonds. The van der Waals surface area contributed by atoms with E-state index in [4.69, 9.17) is 19.9 Å². The number of alkyl halides is 1. The maximum Gasteiger partial charge on any atom is 0.355 e. The number of hydrogen-bond donors (Lipinski definition) is 2. The number of fused-ring (bicyclic) bond motifs is 4. The van der Waals surface area contributed by atoms with E-state index in [1.54, 1.807) is 74.7 Å². The molecule has 0 unspecified atom stereocenters. The van der Waals surface area contributed by atoms with Crippen LogP contribution in [0.15, 0.2) is 263 Å². The number of pyridine rings is 3. The number of benzene rings is 10. The van der Waals surface area contributed by atoms with Crippen LogP contribution in [0.1, 0.15) is 146 Å². The van der Waals surface area contributed by atoms with Gasteiger partial charge in [-0.1, -0.05) is 211 Å². The number of halogens is 2. The van der Waals surface area contributed by atoms with E-state index in [9.17, 15) is 48.3 Å². The Kier molecular flexibility index (Phi) is 33.7. The second kappa shape index (κ2) is 44.8. The number of ether oxygens (including phenoxy) is 3. The number of nitrogens with two attached hydrogens (primary N) is 1. The minimum atomic E-state index is -0.500. The lowest BCUT2D eigenvalue weighted by atomic mass is 10.00. The van der Waals surface area contributed by atoms with Crippen molar-refractivity contribution in [3.05, 3.63) is 381 Å². The van der Waals surface area contributed by atoms with Crippen molar-refractivity contribution in [3.8, 4) is 17.1 Å². The summed E-state index contributed by atoms with van der Waals surface area (Å²) >= 11 is 5.65. The van der Waals surface area contributed by atoms with Crippen molar-refractivity contribution < 1.29 is 48.1 Å². The van der Waals surface area contributed by atoms with Gasteiger partial charge in [0, 0.05) is 28.0 Å². The number of carbonyl (C=O) groups is 6. The number of nitrogen functional groups attached to an aromatic ring is 1. The van der Waals surface area contributed by atoms with E-state index in [0.717, 1.165) is 109 Å². The molecule has 0 spiro atoms. The number of esters is 3. The Morgan fingerprint density at radius 3 is 1.25 bits per heavy atom. The number of aliphatic hydroxyl groups is 1. The molecule has 3 N–H and O–H groups in total. The predicted molar refractivity (Wildman–Crippen MR) is 519 cm³/mol. The van der Waals surface area contributed by atoms with Crippen molar-refractivity contribution in [2.24, 2.45) is 4.99 Å². The topological polar surface area (TPSA) is 287 Å². The van der Waals surface area contributed by atoms with Crippen molar-refractivity contribution in [1.82, 2.24) is 23.7 Å². The number of aldehydes is 1. The zero-order chi connectivity index (χ0) is 91.9. The van der Waals surface area contributed by atoms with E-state index in [1.807, 2.05) is 255 Å². The summed E-state index contributed by atoms with van der Waals surface area (Å²) in [5, 5.41) is 15.0. The van der Waals surface area contributed by atoms with Gasteiger partial charge in [-0.25, -0.2) is 14.8 Å². The standard InChI is InChI=1S/C21H23NO3.C20H21NO4.C20H19NO3.C18H16BrNO.C18H17NO2.C6H5IN4/c1-5-17-12-9-11-16(4)20(17)21(24)22(14-19(23)25-6-2)18-13-8-7-10-15(18)3;1-4-25-18(23)12-21(17-11-6-5-8-14(17)2)20(24)19-15(3)9-7-10-16(19)13-22;1-4-24-20(23)17-12-15-10-7-9-14(3)18(15)19(22)21(17)16-11-6-5-8-13(16)2;1-12-6-3-4-9-16(12)20-15(11-19)10-14-8-5-7-13(2)17(14)18(20)21;1-12-6-3-4-9-16(12)19-15(11-20)10-14-8-5-7-13(2)17(14)18(19)21;7-5-4-3(1-9-5)10-2-11-6(4)8/h5,7-13H,1,6,14H2,2-4H3;5-11,13H,4,12H2,1-3H3;5-12H,4H2,1-3H3;3-10H,11H2,1-2H3;3-10,20H,11H2,1-2H3;2H,1H2,(H2,8,10,11). The van der Waals surface area contributed by atoms with Gasteiger partial charge in [-0.2, -0.15) is 0 Å². The Morgan fingerprint density at radius 1 is 0.472 bits per heavy atom. The zero-order valence-electron chi connectivity index (χ0n) is 73.3. The molecular formula is C103H101BrIN9O13. The number of aliphatic imine (C=N–C) groups is 1. The van der Waals surface area contributed by atoms with Gasteiger partial charge < -0.3 is 25.1 Å². The first-order valence-electron chi connectivity index (χ1n) is 41.2. The van der Waals surface area contributed by atoms with Crippen molar-refractivity contribution in [2.45, 2.75) is 108 Å². The van der Waals surface area contributed by atoms with Crippen LogP contribution < -0.4 is 32.2 Å². The first kappa shape index (κ1) is 95.5. The van der Waals surface area contributed by atoms with Gasteiger partial charge in [0.25, 0.3) is 28.5 Å². The second-order valence-corrected chi connectivity index (χ2v) is 31.3. The molecule has 0 saturated heterocycles. The number of aliphatic hydroxyl groups excluding tert-OH is 1. The van der Waals surface area contributed by atoms with E-state index in [1.165, 1.54) is 20.7 Å². The molecule has 127 heavy (non-hydrogen) atoms. The van der Waals surface area contributed by atoms with Crippen molar-refractivity contribution >= 4 is 134 Å². The molecule has 5 heterocycles. The molecule has 1 aliphatic rings. The average molecular weight is 1880 g/mol.